The van der Waals surface area contributed by atoms with Crippen LogP contribution in [0.1, 0.15) is 56.3 Å². The molecule has 0 aliphatic carbocycles. The van der Waals surface area contributed by atoms with Crippen molar-refractivity contribution < 1.29 is 13.2 Å². The maximum atomic E-state index is 13.0. The average molecular weight is 455 g/mol. The van der Waals surface area contributed by atoms with Crippen LogP contribution in [-0.4, -0.2) is 31.7 Å². The zero-order valence-electron chi connectivity index (χ0n) is 19.2. The van der Waals surface area contributed by atoms with Gasteiger partial charge in [-0.1, -0.05) is 75.4 Å². The predicted molar refractivity (Wildman–Crippen MR) is 130 cm³/mol. The van der Waals surface area contributed by atoms with E-state index in [4.69, 9.17) is 0 Å². The third-order valence-corrected chi connectivity index (χ3v) is 7.69. The molecule has 1 heterocycles. The zero-order valence-corrected chi connectivity index (χ0v) is 20.0. The van der Waals surface area contributed by atoms with E-state index in [9.17, 15) is 13.2 Å². The number of hydrogen-bond donors (Lipinski definition) is 1. The van der Waals surface area contributed by atoms with E-state index < -0.39 is 10.0 Å². The Hall–Kier alpha value is -2.44. The third-order valence-electron chi connectivity index (χ3n) is 6.13. The number of sulfonamides is 1. The number of benzene rings is 2. The van der Waals surface area contributed by atoms with Crippen molar-refractivity contribution in [3.63, 3.8) is 0 Å². The van der Waals surface area contributed by atoms with E-state index in [-0.39, 0.29) is 23.8 Å². The van der Waals surface area contributed by atoms with Crippen LogP contribution < -0.4 is 5.32 Å². The number of aryl methyl sites for hydroxylation is 1. The first-order valence-electron chi connectivity index (χ1n) is 11.4. The Morgan fingerprint density at radius 2 is 1.69 bits per heavy atom. The molecule has 1 unspecified atom stereocenters. The Bertz CT molecular complexity index is 1010. The minimum atomic E-state index is -3.50. The third kappa shape index (κ3) is 6.30. The fourth-order valence-electron chi connectivity index (χ4n) is 4.05. The number of piperidine rings is 1. The molecule has 1 saturated heterocycles. The smallest absolute Gasteiger partial charge is 0.236 e. The molecule has 3 rings (SSSR count). The monoisotopic (exact) mass is 454 g/mol. The van der Waals surface area contributed by atoms with Crippen molar-refractivity contribution in [2.45, 2.75) is 46.1 Å². The summed E-state index contributed by atoms with van der Waals surface area (Å²) in [5.41, 5.74) is 3.23. The van der Waals surface area contributed by atoms with Crippen LogP contribution in [0.4, 0.5) is 0 Å². The Kier molecular flexibility index (Phi) is 8.26. The van der Waals surface area contributed by atoms with Crippen molar-refractivity contribution >= 4 is 22.0 Å². The number of nitrogens with zero attached hydrogens (tertiary/aromatic N) is 1. The van der Waals surface area contributed by atoms with E-state index in [2.05, 4.69) is 50.4 Å². The summed E-state index contributed by atoms with van der Waals surface area (Å²) < 4.78 is 26.8. The van der Waals surface area contributed by atoms with Gasteiger partial charge in [0.2, 0.25) is 15.9 Å². The second kappa shape index (κ2) is 10.9. The molecule has 2 aromatic rings. The highest BCUT2D eigenvalue weighted by atomic mass is 32.2. The fraction of sp³-hybridized carbons (Fsp3) is 0.423. The van der Waals surface area contributed by atoms with Crippen LogP contribution in [0.5, 0.6) is 0 Å². The quantitative estimate of drug-likeness (QED) is 0.624. The summed E-state index contributed by atoms with van der Waals surface area (Å²) in [5, 5.41) is 4.48. The molecule has 0 saturated carbocycles. The summed E-state index contributed by atoms with van der Waals surface area (Å²) in [6, 6.07) is 17.7. The number of rotatable bonds is 8. The van der Waals surface area contributed by atoms with Crippen LogP contribution in [0.2, 0.25) is 0 Å². The van der Waals surface area contributed by atoms with Crippen LogP contribution in [-0.2, 0) is 21.2 Å². The number of hydrogen-bond acceptors (Lipinski definition) is 3. The Labute approximate surface area is 192 Å². The molecule has 1 aliphatic rings. The summed E-state index contributed by atoms with van der Waals surface area (Å²) in [6.45, 7) is 7.05. The molecule has 1 fully saturated rings. The largest absolute Gasteiger partial charge is 0.349 e. The number of amides is 1. The van der Waals surface area contributed by atoms with Gasteiger partial charge in [0.15, 0.2) is 0 Å². The minimum Gasteiger partial charge on any atom is -0.349 e. The Morgan fingerprint density at radius 1 is 1.06 bits per heavy atom. The van der Waals surface area contributed by atoms with E-state index in [0.29, 0.717) is 25.9 Å². The van der Waals surface area contributed by atoms with Crippen molar-refractivity contribution in [2.24, 2.45) is 11.8 Å². The van der Waals surface area contributed by atoms with Crippen LogP contribution in [0.15, 0.2) is 60.0 Å². The molecule has 5 nitrogen and oxygen atoms in total. The summed E-state index contributed by atoms with van der Waals surface area (Å²) in [6.07, 6.45) is 3.67. The van der Waals surface area contributed by atoms with Crippen LogP contribution >= 0.6 is 0 Å². The summed E-state index contributed by atoms with van der Waals surface area (Å²) >= 11 is 0. The molecular weight excluding hydrogens is 420 g/mol. The zero-order chi connectivity index (χ0) is 23.1. The molecule has 32 heavy (non-hydrogen) atoms. The molecule has 1 amide bonds. The maximum Gasteiger partial charge on any atom is 0.236 e. The first-order chi connectivity index (χ1) is 15.3. The van der Waals surface area contributed by atoms with Crippen molar-refractivity contribution in [1.82, 2.24) is 9.62 Å². The molecule has 0 spiro atoms. The normalized spacial score (nSPS) is 17.0. The number of carbonyl (C=O) groups excluding carboxylic acids is 1. The van der Waals surface area contributed by atoms with Gasteiger partial charge in [-0.05, 0) is 47.9 Å². The van der Waals surface area contributed by atoms with Gasteiger partial charge in [-0.2, -0.15) is 4.31 Å². The van der Waals surface area contributed by atoms with Crippen molar-refractivity contribution in [2.75, 3.05) is 13.1 Å². The van der Waals surface area contributed by atoms with Gasteiger partial charge in [0, 0.05) is 24.4 Å². The SMILES string of the molecule is CCc1ccc(C(NC(=O)C2CCN(S(=O)(=O)/C=C/c3ccccc3)CC2)C(C)C)cc1. The van der Waals surface area contributed by atoms with E-state index in [1.165, 1.54) is 15.3 Å². The number of nitrogens with one attached hydrogen (secondary N) is 1. The first kappa shape index (κ1) is 24.2. The summed E-state index contributed by atoms with van der Waals surface area (Å²) in [7, 11) is -3.50. The topological polar surface area (TPSA) is 66.5 Å². The first-order valence-corrected chi connectivity index (χ1v) is 12.9. The van der Waals surface area contributed by atoms with Crippen molar-refractivity contribution in [1.29, 1.82) is 0 Å². The lowest BCUT2D eigenvalue weighted by Gasteiger charge is -2.31. The molecule has 2 aromatic carbocycles. The van der Waals surface area contributed by atoms with Crippen LogP contribution in [0.3, 0.4) is 0 Å². The molecule has 1 atom stereocenters. The molecule has 1 N–H and O–H groups in total. The molecule has 6 heteroatoms. The van der Waals surface area contributed by atoms with Crippen LogP contribution in [0, 0.1) is 11.8 Å². The van der Waals surface area contributed by atoms with Gasteiger partial charge in [0.05, 0.1) is 6.04 Å². The highest BCUT2D eigenvalue weighted by Gasteiger charge is 2.31. The van der Waals surface area contributed by atoms with E-state index in [1.807, 2.05) is 30.3 Å². The van der Waals surface area contributed by atoms with E-state index >= 15 is 0 Å². The highest BCUT2D eigenvalue weighted by molar-refractivity contribution is 7.92. The fourth-order valence-corrected chi connectivity index (χ4v) is 5.27. The second-order valence-corrected chi connectivity index (χ2v) is 10.6. The summed E-state index contributed by atoms with van der Waals surface area (Å²) in [4.78, 5) is 13.0. The molecule has 1 aliphatic heterocycles. The van der Waals surface area contributed by atoms with Crippen LogP contribution in [0.25, 0.3) is 6.08 Å². The number of carbonyl (C=O) groups is 1. The van der Waals surface area contributed by atoms with Gasteiger partial charge >= 0.3 is 0 Å². The van der Waals surface area contributed by atoms with Crippen molar-refractivity contribution in [3.05, 3.63) is 76.7 Å². The molecule has 0 bridgehead atoms. The van der Waals surface area contributed by atoms with Gasteiger partial charge in [-0.15, -0.1) is 0 Å². The second-order valence-electron chi connectivity index (χ2n) is 8.76. The molecular formula is C26H34N2O3S. The standard InChI is InChI=1S/C26H34N2O3S/c1-4-21-10-12-23(13-11-21)25(20(2)3)27-26(29)24-14-17-28(18-15-24)32(30,31)19-16-22-8-6-5-7-9-22/h5-13,16,19-20,24-25H,4,14-15,17-18H2,1-3H3,(H,27,29)/b19-16+. The van der Waals surface area contributed by atoms with Gasteiger partial charge in [-0.25, -0.2) is 8.42 Å². The Morgan fingerprint density at radius 3 is 2.25 bits per heavy atom. The van der Waals surface area contributed by atoms with Gasteiger partial charge in [0.1, 0.15) is 0 Å². The lowest BCUT2D eigenvalue weighted by molar-refractivity contribution is -0.127. The Balaban J connectivity index is 1.58. The molecule has 0 aromatic heterocycles. The van der Waals surface area contributed by atoms with E-state index in [0.717, 1.165) is 17.5 Å². The predicted octanol–water partition coefficient (Wildman–Crippen LogP) is 4.78. The highest BCUT2D eigenvalue weighted by Crippen LogP contribution is 2.26. The van der Waals surface area contributed by atoms with E-state index in [1.54, 1.807) is 6.08 Å². The van der Waals surface area contributed by atoms with Gasteiger partial charge < -0.3 is 5.32 Å². The van der Waals surface area contributed by atoms with Crippen molar-refractivity contribution in [3.8, 4) is 0 Å². The molecule has 172 valence electrons. The maximum absolute atomic E-state index is 13.0. The average Bonchev–Trinajstić information content (AvgIpc) is 2.82. The lowest BCUT2D eigenvalue weighted by Crippen LogP contribution is -2.43. The summed E-state index contributed by atoms with van der Waals surface area (Å²) in [5.74, 6) is 0.103. The lowest BCUT2D eigenvalue weighted by atomic mass is 9.92. The van der Waals surface area contributed by atoms with Gasteiger partial charge in [0.25, 0.3) is 0 Å². The van der Waals surface area contributed by atoms with Gasteiger partial charge in [-0.3, -0.25) is 4.79 Å². The molecule has 0 radical (unpaired) electrons. The minimum absolute atomic E-state index is 0.0140.